The zero-order chi connectivity index (χ0) is 10.3. The van der Waals surface area contributed by atoms with Crippen LogP contribution in [0.25, 0.3) is 0 Å². The molecule has 15 heavy (non-hydrogen) atoms. The van der Waals surface area contributed by atoms with Gasteiger partial charge >= 0.3 is 0 Å². The van der Waals surface area contributed by atoms with Crippen LogP contribution in [0.5, 0.6) is 0 Å². The average molecular weight is 201 g/mol. The van der Waals surface area contributed by atoms with Gasteiger partial charge in [-0.2, -0.15) is 0 Å². The maximum atomic E-state index is 11.8. The van der Waals surface area contributed by atoms with E-state index >= 15 is 0 Å². The number of carbonyl (C=O) groups is 1. The SMILES string of the molecule is O=C1C(c2ccccc2)C1N1CCCC1. The lowest BCUT2D eigenvalue weighted by molar-refractivity contribution is -0.111. The topological polar surface area (TPSA) is 20.3 Å². The lowest BCUT2D eigenvalue weighted by atomic mass is 10.1. The van der Waals surface area contributed by atoms with Gasteiger partial charge in [0.2, 0.25) is 0 Å². The summed E-state index contributed by atoms with van der Waals surface area (Å²) < 4.78 is 0. The molecule has 2 aliphatic rings. The summed E-state index contributed by atoms with van der Waals surface area (Å²) in [6, 6.07) is 10.4. The smallest absolute Gasteiger partial charge is 0.160 e. The minimum Gasteiger partial charge on any atom is -0.297 e. The summed E-state index contributed by atoms with van der Waals surface area (Å²) in [5.41, 5.74) is 1.19. The van der Waals surface area contributed by atoms with Gasteiger partial charge in [0, 0.05) is 0 Å². The normalized spacial score (nSPS) is 30.8. The predicted octanol–water partition coefficient (Wildman–Crippen LogP) is 1.82. The summed E-state index contributed by atoms with van der Waals surface area (Å²) in [5, 5.41) is 0. The Bertz CT molecular complexity index is 367. The van der Waals surface area contributed by atoms with Gasteiger partial charge in [0.1, 0.15) is 0 Å². The Hall–Kier alpha value is -1.15. The largest absolute Gasteiger partial charge is 0.297 e. The molecule has 1 aromatic rings. The molecule has 3 rings (SSSR count). The molecule has 1 aromatic carbocycles. The molecule has 2 heteroatoms. The Labute approximate surface area is 89.9 Å². The second-order valence-corrected chi connectivity index (χ2v) is 4.48. The second kappa shape index (κ2) is 3.46. The third-order valence-electron chi connectivity index (χ3n) is 3.50. The van der Waals surface area contributed by atoms with Crippen LogP contribution in [0, 0.1) is 0 Å². The van der Waals surface area contributed by atoms with E-state index in [1.807, 2.05) is 18.2 Å². The molecular weight excluding hydrogens is 186 g/mol. The number of benzene rings is 1. The summed E-state index contributed by atoms with van der Waals surface area (Å²) >= 11 is 0. The highest BCUT2D eigenvalue weighted by Gasteiger charge is 2.53. The summed E-state index contributed by atoms with van der Waals surface area (Å²) in [6.45, 7) is 2.22. The molecule has 1 aliphatic carbocycles. The first-order valence-corrected chi connectivity index (χ1v) is 5.70. The molecule has 2 unspecified atom stereocenters. The zero-order valence-electron chi connectivity index (χ0n) is 8.73. The first-order valence-electron chi connectivity index (χ1n) is 5.70. The van der Waals surface area contributed by atoms with Crippen molar-refractivity contribution in [3.63, 3.8) is 0 Å². The van der Waals surface area contributed by atoms with Gasteiger partial charge in [-0.1, -0.05) is 30.3 Å². The molecule has 2 atom stereocenters. The van der Waals surface area contributed by atoms with E-state index in [0.717, 1.165) is 13.1 Å². The summed E-state index contributed by atoms with van der Waals surface area (Å²) in [5.74, 6) is 0.590. The molecule has 1 saturated carbocycles. The monoisotopic (exact) mass is 201 g/mol. The van der Waals surface area contributed by atoms with Gasteiger partial charge in [-0.05, 0) is 31.5 Å². The minimum atomic E-state index is 0.171. The third-order valence-corrected chi connectivity index (χ3v) is 3.50. The van der Waals surface area contributed by atoms with Gasteiger partial charge in [0.25, 0.3) is 0 Å². The second-order valence-electron chi connectivity index (χ2n) is 4.48. The highest BCUT2D eigenvalue weighted by atomic mass is 16.1. The van der Waals surface area contributed by atoms with E-state index in [-0.39, 0.29) is 12.0 Å². The summed E-state index contributed by atoms with van der Waals surface area (Å²) in [7, 11) is 0. The molecular formula is C13H15NO. The van der Waals surface area contributed by atoms with E-state index < -0.39 is 0 Å². The maximum absolute atomic E-state index is 11.8. The molecule has 0 amide bonds. The van der Waals surface area contributed by atoms with Crippen LogP contribution in [-0.4, -0.2) is 29.8 Å². The zero-order valence-corrected chi connectivity index (χ0v) is 8.73. The van der Waals surface area contributed by atoms with Crippen LogP contribution in [-0.2, 0) is 4.79 Å². The number of Topliss-reactive ketones (excluding diaryl/α,β-unsaturated/α-hetero) is 1. The Morgan fingerprint density at radius 1 is 1.07 bits per heavy atom. The van der Waals surface area contributed by atoms with Crippen LogP contribution in [0.1, 0.15) is 24.3 Å². The van der Waals surface area contributed by atoms with Crippen molar-refractivity contribution in [3.8, 4) is 0 Å². The Morgan fingerprint density at radius 2 is 1.73 bits per heavy atom. The first kappa shape index (κ1) is 9.10. The van der Waals surface area contributed by atoms with Crippen molar-refractivity contribution in [3.05, 3.63) is 35.9 Å². The Morgan fingerprint density at radius 3 is 2.40 bits per heavy atom. The van der Waals surface area contributed by atoms with Crippen molar-refractivity contribution in [2.75, 3.05) is 13.1 Å². The fourth-order valence-electron chi connectivity index (χ4n) is 2.64. The standard InChI is InChI=1S/C13H15NO/c15-13-11(10-6-2-1-3-7-10)12(13)14-8-4-5-9-14/h1-3,6-7,11-12H,4-5,8-9H2. The van der Waals surface area contributed by atoms with Crippen molar-refractivity contribution in [2.45, 2.75) is 24.8 Å². The molecule has 0 bridgehead atoms. The number of ketones is 1. The quantitative estimate of drug-likeness (QED) is 0.727. The van der Waals surface area contributed by atoms with E-state index in [1.54, 1.807) is 0 Å². The van der Waals surface area contributed by atoms with Crippen LogP contribution >= 0.6 is 0 Å². The maximum Gasteiger partial charge on any atom is 0.160 e. The molecule has 1 heterocycles. The number of rotatable bonds is 2. The van der Waals surface area contributed by atoms with Crippen LogP contribution in [0.3, 0.4) is 0 Å². The highest BCUT2D eigenvalue weighted by molar-refractivity contribution is 6.08. The van der Waals surface area contributed by atoms with Gasteiger partial charge in [0.05, 0.1) is 12.0 Å². The molecule has 0 radical (unpaired) electrons. The Kier molecular flexibility index (Phi) is 2.10. The molecule has 0 spiro atoms. The van der Waals surface area contributed by atoms with E-state index in [2.05, 4.69) is 17.0 Å². The van der Waals surface area contributed by atoms with Crippen LogP contribution in [0.15, 0.2) is 30.3 Å². The van der Waals surface area contributed by atoms with Crippen molar-refractivity contribution in [1.82, 2.24) is 4.90 Å². The van der Waals surface area contributed by atoms with Gasteiger partial charge in [-0.25, -0.2) is 0 Å². The minimum absolute atomic E-state index is 0.171. The number of hydrogen-bond donors (Lipinski definition) is 0. The van der Waals surface area contributed by atoms with Gasteiger partial charge in [-0.15, -0.1) is 0 Å². The van der Waals surface area contributed by atoms with Crippen molar-refractivity contribution in [1.29, 1.82) is 0 Å². The summed E-state index contributed by atoms with van der Waals surface area (Å²) in [6.07, 6.45) is 2.51. The molecule has 0 aromatic heterocycles. The lowest BCUT2D eigenvalue weighted by Crippen LogP contribution is -2.24. The number of nitrogens with zero attached hydrogens (tertiary/aromatic N) is 1. The van der Waals surface area contributed by atoms with Crippen molar-refractivity contribution in [2.24, 2.45) is 0 Å². The summed E-state index contributed by atoms with van der Waals surface area (Å²) in [4.78, 5) is 14.1. The molecule has 78 valence electrons. The molecule has 2 fully saturated rings. The van der Waals surface area contributed by atoms with Crippen LogP contribution < -0.4 is 0 Å². The predicted molar refractivity (Wildman–Crippen MR) is 58.8 cm³/mol. The third kappa shape index (κ3) is 1.49. The number of likely N-dealkylation sites (tertiary alicyclic amines) is 1. The van der Waals surface area contributed by atoms with Crippen molar-refractivity contribution < 1.29 is 4.79 Å². The average Bonchev–Trinajstić information content (AvgIpc) is 2.74. The Balaban J connectivity index is 1.77. The van der Waals surface area contributed by atoms with Crippen molar-refractivity contribution >= 4 is 5.78 Å². The van der Waals surface area contributed by atoms with Gasteiger partial charge < -0.3 is 0 Å². The highest BCUT2D eigenvalue weighted by Crippen LogP contribution is 2.41. The van der Waals surface area contributed by atoms with E-state index in [9.17, 15) is 4.79 Å². The van der Waals surface area contributed by atoms with Gasteiger partial charge in [-0.3, -0.25) is 9.69 Å². The lowest BCUT2D eigenvalue weighted by Gasteiger charge is -2.12. The molecule has 1 saturated heterocycles. The van der Waals surface area contributed by atoms with Crippen LogP contribution in [0.2, 0.25) is 0 Å². The molecule has 1 aliphatic heterocycles. The molecule has 0 N–H and O–H groups in total. The number of carbonyl (C=O) groups excluding carboxylic acids is 1. The number of hydrogen-bond acceptors (Lipinski definition) is 2. The van der Waals surface area contributed by atoms with Crippen LogP contribution in [0.4, 0.5) is 0 Å². The first-order chi connectivity index (χ1) is 7.38. The van der Waals surface area contributed by atoms with E-state index in [0.29, 0.717) is 5.78 Å². The van der Waals surface area contributed by atoms with Gasteiger partial charge in [0.15, 0.2) is 5.78 Å². The van der Waals surface area contributed by atoms with E-state index in [1.165, 1.54) is 18.4 Å². The van der Waals surface area contributed by atoms with E-state index in [4.69, 9.17) is 0 Å². The fraction of sp³-hybridized carbons (Fsp3) is 0.462. The molecule has 2 nitrogen and oxygen atoms in total. The fourth-order valence-corrected chi connectivity index (χ4v) is 2.64.